The van der Waals surface area contributed by atoms with E-state index in [9.17, 15) is 0 Å². The third-order valence-electron chi connectivity index (χ3n) is 9.06. The summed E-state index contributed by atoms with van der Waals surface area (Å²) in [6, 6.07) is 56.2. The highest BCUT2D eigenvalue weighted by molar-refractivity contribution is 6.28. The van der Waals surface area contributed by atoms with Gasteiger partial charge in [-0.05, 0) is 134 Å². The van der Waals surface area contributed by atoms with E-state index in [4.69, 9.17) is 9.47 Å². The number of para-hydroxylation sites is 2. The van der Waals surface area contributed by atoms with Crippen molar-refractivity contribution in [1.82, 2.24) is 0 Å². The van der Waals surface area contributed by atoms with E-state index >= 15 is 0 Å². The zero-order valence-electron chi connectivity index (χ0n) is 28.9. The lowest BCUT2D eigenvalue weighted by atomic mass is 9.91. The van der Waals surface area contributed by atoms with Crippen molar-refractivity contribution in [2.24, 2.45) is 0 Å². The molecule has 0 spiro atoms. The van der Waals surface area contributed by atoms with Crippen LogP contribution in [0.4, 0.5) is 34.1 Å². The minimum Gasteiger partial charge on any atom is -0.491 e. The lowest BCUT2D eigenvalue weighted by Crippen LogP contribution is -2.12. The van der Waals surface area contributed by atoms with Gasteiger partial charge in [0.25, 0.3) is 0 Å². The molecule has 4 heteroatoms. The summed E-state index contributed by atoms with van der Waals surface area (Å²) in [6.45, 7) is 8.21. The molecule has 50 heavy (non-hydrogen) atoms. The van der Waals surface area contributed by atoms with Crippen molar-refractivity contribution < 1.29 is 9.47 Å². The maximum absolute atomic E-state index is 5.99. The Balaban J connectivity index is 1.33. The molecule has 4 nitrogen and oxygen atoms in total. The van der Waals surface area contributed by atoms with E-state index < -0.39 is 0 Å². The minimum absolute atomic E-state index is 0.115. The molecule has 0 N–H and O–H groups in total. The summed E-state index contributed by atoms with van der Waals surface area (Å²) in [6.07, 6.45) is 0.231. The van der Waals surface area contributed by atoms with E-state index in [1.165, 1.54) is 32.3 Å². The van der Waals surface area contributed by atoms with Gasteiger partial charge in [0, 0.05) is 33.5 Å². The van der Waals surface area contributed by atoms with E-state index in [0.29, 0.717) is 0 Å². The van der Waals surface area contributed by atoms with Gasteiger partial charge in [0.15, 0.2) is 0 Å². The second-order valence-electron chi connectivity index (χ2n) is 13.3. The summed E-state index contributed by atoms with van der Waals surface area (Å²) < 4.78 is 12.0. The summed E-state index contributed by atoms with van der Waals surface area (Å²) in [4.78, 5) is 4.70. The van der Waals surface area contributed by atoms with Gasteiger partial charge in [-0.2, -0.15) is 0 Å². The molecule has 8 aromatic rings. The molecule has 0 aliphatic rings. The first kappa shape index (κ1) is 31.3. The molecule has 0 amide bonds. The van der Waals surface area contributed by atoms with Crippen molar-refractivity contribution in [3.05, 3.63) is 158 Å². The van der Waals surface area contributed by atoms with Crippen LogP contribution in [0.15, 0.2) is 158 Å². The Morgan fingerprint density at radius 1 is 0.360 bits per heavy atom. The molecule has 0 unspecified atom stereocenters. The fourth-order valence-corrected chi connectivity index (χ4v) is 7.06. The first-order valence-corrected chi connectivity index (χ1v) is 17.4. The highest BCUT2D eigenvalue weighted by atomic mass is 16.5. The number of nitrogens with zero attached hydrogens (tertiary/aromatic N) is 2. The van der Waals surface area contributed by atoms with Gasteiger partial charge in [0.2, 0.25) is 0 Å². The second kappa shape index (κ2) is 13.1. The molecule has 0 fully saturated rings. The second-order valence-corrected chi connectivity index (χ2v) is 13.3. The molecule has 0 aliphatic heterocycles. The van der Waals surface area contributed by atoms with Crippen molar-refractivity contribution >= 4 is 66.4 Å². The lowest BCUT2D eigenvalue weighted by Gasteiger charge is -2.29. The van der Waals surface area contributed by atoms with Gasteiger partial charge in [-0.1, -0.05) is 72.8 Å². The molecule has 0 saturated carbocycles. The van der Waals surface area contributed by atoms with Crippen molar-refractivity contribution in [3.63, 3.8) is 0 Å². The summed E-state index contributed by atoms with van der Waals surface area (Å²) in [5.74, 6) is 1.73. The van der Waals surface area contributed by atoms with E-state index in [1.807, 2.05) is 0 Å². The fourth-order valence-electron chi connectivity index (χ4n) is 7.06. The molecule has 0 aromatic heterocycles. The van der Waals surface area contributed by atoms with Crippen LogP contribution in [0.5, 0.6) is 11.5 Å². The van der Waals surface area contributed by atoms with Crippen molar-refractivity contribution in [2.75, 3.05) is 9.80 Å². The topological polar surface area (TPSA) is 24.9 Å². The van der Waals surface area contributed by atoms with Gasteiger partial charge in [-0.15, -0.1) is 0 Å². The molecule has 0 radical (unpaired) electrons. The molecule has 0 heterocycles. The quantitative estimate of drug-likeness (QED) is 0.137. The smallest absolute Gasteiger partial charge is 0.119 e. The van der Waals surface area contributed by atoms with E-state index in [0.717, 1.165) is 45.6 Å². The van der Waals surface area contributed by atoms with Gasteiger partial charge >= 0.3 is 0 Å². The lowest BCUT2D eigenvalue weighted by molar-refractivity contribution is 0.242. The Labute approximate surface area is 294 Å². The van der Waals surface area contributed by atoms with Crippen molar-refractivity contribution in [3.8, 4) is 11.5 Å². The SMILES string of the molecule is CC(C)Oc1ccc(N(c2ccccc2)c2ccc3ccc4c(N(c5ccccc5)c5ccc(OC(C)C)cc5)ccc5ccc2c3c54)cc1. The Morgan fingerprint density at radius 3 is 1.06 bits per heavy atom. The largest absolute Gasteiger partial charge is 0.491 e. The third-order valence-corrected chi connectivity index (χ3v) is 9.06. The summed E-state index contributed by atoms with van der Waals surface area (Å²) in [5, 5.41) is 7.35. The van der Waals surface area contributed by atoms with E-state index in [2.05, 4.69) is 195 Å². The molecule has 246 valence electrons. The molecule has 0 aliphatic carbocycles. The van der Waals surface area contributed by atoms with Crippen LogP contribution in [0.1, 0.15) is 27.7 Å². The Hall–Kier alpha value is -6.00. The van der Waals surface area contributed by atoms with Gasteiger partial charge in [0.1, 0.15) is 11.5 Å². The first-order valence-electron chi connectivity index (χ1n) is 17.4. The molecule has 0 atom stereocenters. The normalized spacial score (nSPS) is 11.6. The Morgan fingerprint density at radius 2 is 0.700 bits per heavy atom. The number of hydrogen-bond acceptors (Lipinski definition) is 4. The Bertz CT molecular complexity index is 2200. The van der Waals surface area contributed by atoms with Crippen LogP contribution in [-0.4, -0.2) is 12.2 Å². The van der Waals surface area contributed by atoms with Crippen LogP contribution in [0.2, 0.25) is 0 Å². The van der Waals surface area contributed by atoms with Gasteiger partial charge in [0.05, 0.1) is 23.6 Å². The zero-order chi connectivity index (χ0) is 34.2. The monoisotopic (exact) mass is 652 g/mol. The number of rotatable bonds is 10. The molecule has 0 bridgehead atoms. The first-order chi connectivity index (χ1) is 24.4. The molecule has 8 rings (SSSR count). The maximum atomic E-state index is 5.99. The van der Waals surface area contributed by atoms with Crippen LogP contribution in [-0.2, 0) is 0 Å². The third kappa shape index (κ3) is 5.83. The number of ether oxygens (including phenoxy) is 2. The summed E-state index contributed by atoms with van der Waals surface area (Å²) >= 11 is 0. The van der Waals surface area contributed by atoms with Crippen molar-refractivity contribution in [2.45, 2.75) is 39.9 Å². The zero-order valence-corrected chi connectivity index (χ0v) is 28.9. The summed E-state index contributed by atoms with van der Waals surface area (Å²) in [7, 11) is 0. The van der Waals surface area contributed by atoms with Crippen LogP contribution in [0.25, 0.3) is 32.3 Å². The minimum atomic E-state index is 0.115. The number of hydrogen-bond donors (Lipinski definition) is 0. The van der Waals surface area contributed by atoms with Gasteiger partial charge in [-0.3, -0.25) is 0 Å². The fraction of sp³-hybridized carbons (Fsp3) is 0.130. The van der Waals surface area contributed by atoms with Crippen molar-refractivity contribution in [1.29, 1.82) is 0 Å². The number of benzene rings is 8. The Kier molecular flexibility index (Phi) is 8.22. The molecular formula is C46H40N2O2. The predicted octanol–water partition coefficient (Wildman–Crippen LogP) is 13.1. The maximum Gasteiger partial charge on any atom is 0.119 e. The highest BCUT2D eigenvalue weighted by Gasteiger charge is 2.21. The van der Waals surface area contributed by atoms with Crippen LogP contribution in [0, 0.1) is 0 Å². The van der Waals surface area contributed by atoms with Crippen LogP contribution in [0.3, 0.4) is 0 Å². The standard InChI is InChI=1S/C46H40N2O2/c1-31(2)49-39-23-19-37(20-24-39)47(35-11-7-5-8-12-35)43-29-17-33-16-28-42-44(30-18-34-15-27-41(43)45(33)46(34)42)48(36-13-9-6-10-14-36)38-21-25-40(26-22-38)50-32(3)4/h5-32H,1-4H3. The van der Waals surface area contributed by atoms with E-state index in [1.54, 1.807) is 0 Å². The molecule has 0 saturated heterocycles. The van der Waals surface area contributed by atoms with Crippen LogP contribution >= 0.6 is 0 Å². The van der Waals surface area contributed by atoms with Gasteiger partial charge < -0.3 is 19.3 Å². The number of anilines is 6. The molecular weight excluding hydrogens is 613 g/mol. The van der Waals surface area contributed by atoms with E-state index in [-0.39, 0.29) is 12.2 Å². The summed E-state index contributed by atoms with van der Waals surface area (Å²) in [5.41, 5.74) is 6.59. The predicted molar refractivity (Wildman–Crippen MR) is 211 cm³/mol. The molecule has 8 aromatic carbocycles. The highest BCUT2D eigenvalue weighted by Crippen LogP contribution is 2.47. The average molecular weight is 653 g/mol. The van der Waals surface area contributed by atoms with Crippen LogP contribution < -0.4 is 19.3 Å². The average Bonchev–Trinajstić information content (AvgIpc) is 3.13. The van der Waals surface area contributed by atoms with Gasteiger partial charge in [-0.25, -0.2) is 0 Å².